The number of carbonyl (C=O) groups excluding carboxylic acids is 3. The number of imide groups is 2. The number of barbiturate groups is 1. The van der Waals surface area contributed by atoms with E-state index in [4.69, 9.17) is 0 Å². The number of urea groups is 1. The van der Waals surface area contributed by atoms with Gasteiger partial charge in [0.05, 0.1) is 5.69 Å². The highest BCUT2D eigenvalue weighted by molar-refractivity contribution is 6.30. The van der Waals surface area contributed by atoms with Crippen molar-refractivity contribution < 1.29 is 23.2 Å². The molecule has 1 N–H and O–H groups in total. The standard InChI is InChI=1S/C14H12F2N2O3/c15-8-3-4-9(16)10(7-8)18-12(20)14(5-1-2-6-14)11(19)17-13(18)21/h3-4,7H,1-2,5-6H2,(H,17,19,21). The molecule has 0 bridgehead atoms. The predicted molar refractivity (Wildman–Crippen MR) is 68.3 cm³/mol. The van der Waals surface area contributed by atoms with Crippen LogP contribution in [0.4, 0.5) is 19.3 Å². The summed E-state index contributed by atoms with van der Waals surface area (Å²) in [6, 6.07) is 1.45. The van der Waals surface area contributed by atoms with Crippen LogP contribution in [0, 0.1) is 17.0 Å². The Morgan fingerprint density at radius 2 is 1.76 bits per heavy atom. The van der Waals surface area contributed by atoms with Gasteiger partial charge in [0.15, 0.2) is 0 Å². The van der Waals surface area contributed by atoms with Gasteiger partial charge in [-0.2, -0.15) is 0 Å². The van der Waals surface area contributed by atoms with E-state index in [1.165, 1.54) is 0 Å². The first-order valence-corrected chi connectivity index (χ1v) is 6.61. The zero-order chi connectivity index (χ0) is 15.2. The molecule has 21 heavy (non-hydrogen) atoms. The molecule has 7 heteroatoms. The summed E-state index contributed by atoms with van der Waals surface area (Å²) in [7, 11) is 0. The van der Waals surface area contributed by atoms with Crippen LogP contribution in [0.25, 0.3) is 0 Å². The summed E-state index contributed by atoms with van der Waals surface area (Å²) < 4.78 is 27.1. The zero-order valence-electron chi connectivity index (χ0n) is 11.0. The van der Waals surface area contributed by atoms with E-state index in [1.54, 1.807) is 0 Å². The summed E-state index contributed by atoms with van der Waals surface area (Å²) in [5, 5.41) is 2.08. The molecule has 1 aromatic carbocycles. The average Bonchev–Trinajstić information content (AvgIpc) is 2.92. The Kier molecular flexibility index (Phi) is 3.00. The van der Waals surface area contributed by atoms with Crippen molar-refractivity contribution in [1.29, 1.82) is 0 Å². The van der Waals surface area contributed by atoms with Gasteiger partial charge < -0.3 is 0 Å². The molecule has 1 spiro atoms. The third kappa shape index (κ3) is 1.91. The van der Waals surface area contributed by atoms with Crippen LogP contribution >= 0.6 is 0 Å². The fraction of sp³-hybridized carbons (Fsp3) is 0.357. The number of halogens is 2. The quantitative estimate of drug-likeness (QED) is 0.807. The highest BCUT2D eigenvalue weighted by Crippen LogP contribution is 2.43. The molecule has 1 aliphatic heterocycles. The van der Waals surface area contributed by atoms with Crippen molar-refractivity contribution >= 4 is 23.5 Å². The summed E-state index contributed by atoms with van der Waals surface area (Å²) in [6.07, 6.45) is 1.95. The smallest absolute Gasteiger partial charge is 0.276 e. The number of rotatable bonds is 1. The number of nitrogens with zero attached hydrogens (tertiary/aromatic N) is 1. The Morgan fingerprint density at radius 3 is 2.43 bits per heavy atom. The lowest BCUT2D eigenvalue weighted by atomic mass is 9.82. The molecule has 0 unspecified atom stereocenters. The van der Waals surface area contributed by atoms with Crippen molar-refractivity contribution in [3.05, 3.63) is 29.8 Å². The second-order valence-corrected chi connectivity index (χ2v) is 5.28. The number of amides is 4. The van der Waals surface area contributed by atoms with Crippen LogP contribution in [0.15, 0.2) is 18.2 Å². The van der Waals surface area contributed by atoms with Crippen LogP contribution in [0.5, 0.6) is 0 Å². The third-order valence-electron chi connectivity index (χ3n) is 4.08. The summed E-state index contributed by atoms with van der Waals surface area (Å²) in [5.41, 5.74) is -1.82. The fourth-order valence-corrected chi connectivity index (χ4v) is 2.97. The van der Waals surface area contributed by atoms with Crippen molar-refractivity contribution in [1.82, 2.24) is 5.32 Å². The van der Waals surface area contributed by atoms with E-state index in [9.17, 15) is 23.2 Å². The maximum atomic E-state index is 13.8. The zero-order valence-corrected chi connectivity index (χ0v) is 11.0. The summed E-state index contributed by atoms with van der Waals surface area (Å²) >= 11 is 0. The lowest BCUT2D eigenvalue weighted by Gasteiger charge is -2.36. The van der Waals surface area contributed by atoms with Crippen molar-refractivity contribution in [3.63, 3.8) is 0 Å². The third-order valence-corrected chi connectivity index (χ3v) is 4.08. The van der Waals surface area contributed by atoms with Crippen LogP contribution < -0.4 is 10.2 Å². The van der Waals surface area contributed by atoms with Crippen molar-refractivity contribution in [3.8, 4) is 0 Å². The number of benzene rings is 1. The van der Waals surface area contributed by atoms with E-state index < -0.39 is 40.6 Å². The van der Waals surface area contributed by atoms with Crippen molar-refractivity contribution in [2.45, 2.75) is 25.7 Å². The molecule has 2 aliphatic rings. The molecule has 3 rings (SSSR count). The number of nitrogens with one attached hydrogen (secondary N) is 1. The van der Waals surface area contributed by atoms with Crippen molar-refractivity contribution in [2.24, 2.45) is 5.41 Å². The topological polar surface area (TPSA) is 66.5 Å². The first-order valence-electron chi connectivity index (χ1n) is 6.61. The molecule has 1 saturated carbocycles. The molecule has 110 valence electrons. The van der Waals surface area contributed by atoms with Gasteiger partial charge in [-0.05, 0) is 25.0 Å². The molecule has 5 nitrogen and oxygen atoms in total. The number of hydrogen-bond acceptors (Lipinski definition) is 3. The van der Waals surface area contributed by atoms with E-state index in [1.807, 2.05) is 0 Å². The molecule has 0 radical (unpaired) electrons. The van der Waals surface area contributed by atoms with Crippen LogP contribution in [-0.4, -0.2) is 17.8 Å². The largest absolute Gasteiger partial charge is 0.335 e. The van der Waals surface area contributed by atoms with Gasteiger partial charge >= 0.3 is 6.03 Å². The van der Waals surface area contributed by atoms with Gasteiger partial charge in [0.25, 0.3) is 5.91 Å². The Morgan fingerprint density at radius 1 is 1.10 bits per heavy atom. The van der Waals surface area contributed by atoms with Gasteiger partial charge in [0.2, 0.25) is 5.91 Å². The Bertz CT molecular complexity index is 654. The van der Waals surface area contributed by atoms with Gasteiger partial charge in [-0.1, -0.05) is 12.8 Å². The highest BCUT2D eigenvalue weighted by Gasteiger charge is 2.55. The summed E-state index contributed by atoms with van der Waals surface area (Å²) in [5.74, 6) is -3.10. The second-order valence-electron chi connectivity index (χ2n) is 5.28. The lowest BCUT2D eigenvalue weighted by Crippen LogP contribution is -2.63. The molecule has 1 saturated heterocycles. The number of carbonyl (C=O) groups is 3. The monoisotopic (exact) mass is 294 g/mol. The molecule has 0 aromatic heterocycles. The van der Waals surface area contributed by atoms with E-state index in [0.29, 0.717) is 30.6 Å². The summed E-state index contributed by atoms with van der Waals surface area (Å²) in [4.78, 5) is 37.0. The molecular weight excluding hydrogens is 282 g/mol. The number of anilines is 1. The minimum atomic E-state index is -1.34. The minimum Gasteiger partial charge on any atom is -0.276 e. The Labute approximate surface area is 118 Å². The normalized spacial score (nSPS) is 21.0. The molecule has 1 heterocycles. The first-order chi connectivity index (χ1) is 9.95. The van der Waals surface area contributed by atoms with Gasteiger partial charge in [0, 0.05) is 6.07 Å². The maximum absolute atomic E-state index is 13.8. The average molecular weight is 294 g/mol. The van der Waals surface area contributed by atoms with E-state index in [-0.39, 0.29) is 0 Å². The van der Waals surface area contributed by atoms with Crippen LogP contribution in [-0.2, 0) is 9.59 Å². The first kappa shape index (κ1) is 13.7. The molecule has 0 atom stereocenters. The molecule has 2 fully saturated rings. The summed E-state index contributed by atoms with van der Waals surface area (Å²) in [6.45, 7) is 0. The van der Waals surface area contributed by atoms with E-state index in [2.05, 4.69) is 5.32 Å². The number of hydrogen-bond donors (Lipinski definition) is 1. The van der Waals surface area contributed by atoms with Crippen LogP contribution in [0.1, 0.15) is 25.7 Å². The van der Waals surface area contributed by atoms with Crippen molar-refractivity contribution in [2.75, 3.05) is 4.90 Å². The van der Waals surface area contributed by atoms with Crippen LogP contribution in [0.3, 0.4) is 0 Å². The minimum absolute atomic E-state index is 0.304. The van der Waals surface area contributed by atoms with Crippen LogP contribution in [0.2, 0.25) is 0 Å². The Hall–Kier alpha value is -2.31. The SMILES string of the molecule is O=C1NC(=O)C2(CCCC2)C(=O)N1c1cc(F)ccc1F. The van der Waals surface area contributed by atoms with E-state index >= 15 is 0 Å². The van der Waals surface area contributed by atoms with Gasteiger partial charge in [0.1, 0.15) is 17.0 Å². The molecule has 4 amide bonds. The van der Waals surface area contributed by atoms with Gasteiger partial charge in [-0.25, -0.2) is 18.5 Å². The van der Waals surface area contributed by atoms with Gasteiger partial charge in [-0.3, -0.25) is 14.9 Å². The molecule has 1 aromatic rings. The fourth-order valence-electron chi connectivity index (χ4n) is 2.97. The van der Waals surface area contributed by atoms with E-state index in [0.717, 1.165) is 18.2 Å². The van der Waals surface area contributed by atoms with Gasteiger partial charge in [-0.15, -0.1) is 0 Å². The highest BCUT2D eigenvalue weighted by atomic mass is 19.1. The lowest BCUT2D eigenvalue weighted by molar-refractivity contribution is -0.142. The second kappa shape index (κ2) is 4.61. The maximum Gasteiger partial charge on any atom is 0.335 e. The molecular formula is C14H12F2N2O3. The Balaban J connectivity index is 2.09. The molecule has 1 aliphatic carbocycles. The predicted octanol–water partition coefficient (Wildman–Crippen LogP) is 2.11.